The summed E-state index contributed by atoms with van der Waals surface area (Å²) in [6, 6.07) is 10.6. The van der Waals surface area contributed by atoms with Crippen molar-refractivity contribution in [2.45, 2.75) is 6.54 Å². The van der Waals surface area contributed by atoms with Crippen molar-refractivity contribution in [3.05, 3.63) is 64.8 Å². The van der Waals surface area contributed by atoms with Crippen molar-refractivity contribution in [2.24, 2.45) is 7.05 Å². The van der Waals surface area contributed by atoms with Gasteiger partial charge in [0.15, 0.2) is 11.5 Å². The normalized spacial score (nSPS) is 11.4. The molecule has 3 aromatic heterocycles. The molecule has 0 atom stereocenters. The highest BCUT2D eigenvalue weighted by Gasteiger charge is 2.19. The number of hydrogen-bond acceptors (Lipinski definition) is 9. The van der Waals surface area contributed by atoms with Gasteiger partial charge in [-0.15, -0.1) is 0 Å². The van der Waals surface area contributed by atoms with Gasteiger partial charge in [-0.2, -0.15) is 0 Å². The molecule has 0 spiro atoms. The minimum Gasteiger partial charge on any atom is -0.493 e. The summed E-state index contributed by atoms with van der Waals surface area (Å²) in [4.78, 5) is 26.4. The Kier molecular flexibility index (Phi) is 6.80. The lowest BCUT2D eigenvalue weighted by Crippen LogP contribution is -2.27. The average molecular weight is 511 g/mol. The van der Waals surface area contributed by atoms with E-state index in [1.165, 1.54) is 24.1 Å². The molecule has 0 saturated carbocycles. The van der Waals surface area contributed by atoms with Gasteiger partial charge in [-0.3, -0.25) is 9.10 Å². The molecule has 12 heteroatoms. The summed E-state index contributed by atoms with van der Waals surface area (Å²) >= 11 is 0. The van der Waals surface area contributed by atoms with Crippen molar-refractivity contribution in [2.75, 3.05) is 37.1 Å². The number of methoxy groups -OCH3 is 2. The van der Waals surface area contributed by atoms with E-state index >= 15 is 0 Å². The number of aromatic nitrogens is 4. The molecule has 188 valence electrons. The van der Waals surface area contributed by atoms with E-state index in [9.17, 15) is 13.2 Å². The Bertz CT molecular complexity index is 1600. The fourth-order valence-corrected chi connectivity index (χ4v) is 4.16. The van der Waals surface area contributed by atoms with E-state index in [2.05, 4.69) is 15.3 Å². The molecular weight excluding hydrogens is 484 g/mol. The zero-order valence-corrected chi connectivity index (χ0v) is 21.3. The van der Waals surface area contributed by atoms with Crippen LogP contribution in [0.5, 0.6) is 11.5 Å². The largest absolute Gasteiger partial charge is 0.493 e. The van der Waals surface area contributed by atoms with Gasteiger partial charge in [-0.25, -0.2) is 23.4 Å². The maximum Gasteiger partial charge on any atom is 0.264 e. The minimum absolute atomic E-state index is 0.165. The maximum atomic E-state index is 13.0. The van der Waals surface area contributed by atoms with E-state index in [1.807, 2.05) is 6.07 Å². The topological polar surface area (TPSA) is 129 Å². The van der Waals surface area contributed by atoms with Crippen molar-refractivity contribution in [1.29, 1.82) is 0 Å². The summed E-state index contributed by atoms with van der Waals surface area (Å²) in [6.07, 6.45) is 4.08. The van der Waals surface area contributed by atoms with Crippen LogP contribution >= 0.6 is 0 Å². The molecule has 1 N–H and O–H groups in total. The number of ether oxygens (including phenoxy) is 2. The molecule has 1 aromatic carbocycles. The highest BCUT2D eigenvalue weighted by Crippen LogP contribution is 2.33. The number of fused-ring (bicyclic) bond motifs is 1. The fourth-order valence-electron chi connectivity index (χ4n) is 3.68. The smallest absolute Gasteiger partial charge is 0.264 e. The van der Waals surface area contributed by atoms with Crippen molar-refractivity contribution < 1.29 is 17.9 Å². The Morgan fingerprint density at radius 2 is 1.83 bits per heavy atom. The number of rotatable bonds is 8. The predicted octanol–water partition coefficient (Wildman–Crippen LogP) is 2.42. The van der Waals surface area contributed by atoms with Crippen LogP contribution in [0, 0.1) is 0 Å². The monoisotopic (exact) mass is 510 g/mol. The summed E-state index contributed by atoms with van der Waals surface area (Å²) in [6.45, 7) is 0.165. The van der Waals surface area contributed by atoms with Gasteiger partial charge in [0.2, 0.25) is 10.0 Å². The molecule has 0 aliphatic heterocycles. The van der Waals surface area contributed by atoms with E-state index in [-0.39, 0.29) is 17.9 Å². The standard InChI is InChI=1S/C24H26N6O5S/c1-29-14-27-18-12-17(15-8-9-19(34-3)20(11-15)35-4)28-22(21(18)24(29)31)26-13-16-7-6-10-25-23(16)30(2)36(5,32)33/h6-12,14H,13H2,1-5H3,(H,26,28). The van der Waals surface area contributed by atoms with Gasteiger partial charge in [0.05, 0.1) is 38.0 Å². The van der Waals surface area contributed by atoms with E-state index in [1.54, 1.807) is 51.6 Å². The number of hydrogen-bond donors (Lipinski definition) is 1. The Balaban J connectivity index is 1.82. The molecule has 0 radical (unpaired) electrons. The molecule has 0 bridgehead atoms. The van der Waals surface area contributed by atoms with Crippen molar-refractivity contribution in [1.82, 2.24) is 19.5 Å². The first-order chi connectivity index (χ1) is 17.1. The van der Waals surface area contributed by atoms with E-state index in [4.69, 9.17) is 14.5 Å². The second kappa shape index (κ2) is 9.82. The lowest BCUT2D eigenvalue weighted by atomic mass is 10.1. The summed E-state index contributed by atoms with van der Waals surface area (Å²) in [5.74, 6) is 1.69. The highest BCUT2D eigenvalue weighted by molar-refractivity contribution is 7.92. The molecule has 4 rings (SSSR count). The van der Waals surface area contributed by atoms with Gasteiger partial charge < -0.3 is 19.4 Å². The van der Waals surface area contributed by atoms with Crippen LogP contribution in [0.4, 0.5) is 11.6 Å². The molecule has 36 heavy (non-hydrogen) atoms. The van der Waals surface area contributed by atoms with Gasteiger partial charge in [-0.1, -0.05) is 6.07 Å². The Morgan fingerprint density at radius 1 is 1.08 bits per heavy atom. The number of nitrogens with zero attached hydrogens (tertiary/aromatic N) is 5. The number of aryl methyl sites for hydroxylation is 1. The molecule has 0 unspecified atom stereocenters. The molecular formula is C24H26N6O5S. The van der Waals surface area contributed by atoms with Crippen LogP contribution in [-0.4, -0.2) is 55.5 Å². The van der Waals surface area contributed by atoms with Crippen LogP contribution in [0.15, 0.2) is 53.7 Å². The first-order valence-electron chi connectivity index (χ1n) is 10.8. The lowest BCUT2D eigenvalue weighted by molar-refractivity contribution is 0.355. The highest BCUT2D eigenvalue weighted by atomic mass is 32.2. The SMILES string of the molecule is COc1ccc(-c2cc3ncn(C)c(=O)c3c(NCc3cccnc3N(C)S(C)(=O)=O)n2)cc1OC. The van der Waals surface area contributed by atoms with E-state index < -0.39 is 10.0 Å². The van der Waals surface area contributed by atoms with Crippen molar-refractivity contribution in [3.63, 3.8) is 0 Å². The van der Waals surface area contributed by atoms with Gasteiger partial charge in [0.1, 0.15) is 17.0 Å². The van der Waals surface area contributed by atoms with Crippen molar-refractivity contribution >= 4 is 32.6 Å². The third-order valence-corrected chi connectivity index (χ3v) is 6.86. The minimum atomic E-state index is -3.52. The Morgan fingerprint density at radius 3 is 2.53 bits per heavy atom. The number of benzene rings is 1. The maximum absolute atomic E-state index is 13.0. The second-order valence-corrected chi connectivity index (χ2v) is 10.1. The van der Waals surface area contributed by atoms with E-state index in [0.717, 1.165) is 16.1 Å². The van der Waals surface area contributed by atoms with Crippen LogP contribution < -0.4 is 24.7 Å². The summed E-state index contributed by atoms with van der Waals surface area (Å²) in [5.41, 5.74) is 2.09. The second-order valence-electron chi connectivity index (χ2n) is 8.05. The van der Waals surface area contributed by atoms with Crippen LogP contribution in [0.25, 0.3) is 22.2 Å². The molecule has 4 aromatic rings. The number of anilines is 2. The number of pyridine rings is 2. The third-order valence-electron chi connectivity index (χ3n) is 5.69. The predicted molar refractivity (Wildman–Crippen MR) is 138 cm³/mol. The Hall–Kier alpha value is -4.19. The zero-order valence-electron chi connectivity index (χ0n) is 20.5. The van der Waals surface area contributed by atoms with Crippen LogP contribution in [0.1, 0.15) is 5.56 Å². The molecule has 0 aliphatic carbocycles. The summed E-state index contributed by atoms with van der Waals surface area (Å²) in [5, 5.41) is 3.51. The van der Waals surface area contributed by atoms with Crippen LogP contribution in [0.2, 0.25) is 0 Å². The third kappa shape index (κ3) is 4.80. The molecule has 11 nitrogen and oxygen atoms in total. The first kappa shape index (κ1) is 24.9. The molecule has 3 heterocycles. The lowest BCUT2D eigenvalue weighted by Gasteiger charge is -2.19. The van der Waals surface area contributed by atoms with Gasteiger partial charge in [-0.05, 0) is 30.3 Å². The van der Waals surface area contributed by atoms with Gasteiger partial charge >= 0.3 is 0 Å². The molecule has 0 aliphatic rings. The van der Waals surface area contributed by atoms with Crippen LogP contribution in [-0.2, 0) is 23.6 Å². The zero-order chi connectivity index (χ0) is 26.0. The first-order valence-corrected chi connectivity index (χ1v) is 12.7. The van der Waals surface area contributed by atoms with E-state index in [0.29, 0.717) is 39.5 Å². The average Bonchev–Trinajstić information content (AvgIpc) is 2.88. The van der Waals surface area contributed by atoms with Crippen molar-refractivity contribution in [3.8, 4) is 22.8 Å². The molecule has 0 amide bonds. The van der Waals surface area contributed by atoms with Gasteiger partial charge in [0.25, 0.3) is 5.56 Å². The quantitative estimate of drug-likeness (QED) is 0.380. The fraction of sp³-hybridized carbons (Fsp3) is 0.250. The summed E-state index contributed by atoms with van der Waals surface area (Å²) < 4.78 is 37.4. The number of nitrogens with one attached hydrogen (secondary N) is 1. The number of sulfonamides is 1. The Labute approximate surface area is 208 Å². The van der Waals surface area contributed by atoms with Crippen LogP contribution in [0.3, 0.4) is 0 Å². The van der Waals surface area contributed by atoms with Gasteiger partial charge in [0, 0.05) is 38.0 Å². The molecule has 0 saturated heterocycles. The summed E-state index contributed by atoms with van der Waals surface area (Å²) in [7, 11) is 2.63. The molecule has 0 fully saturated rings.